The maximum Gasteiger partial charge on any atom is 0.325 e. The zero-order chi connectivity index (χ0) is 14.1. The molecule has 1 aromatic heterocycles. The van der Waals surface area contributed by atoms with Crippen LogP contribution in [0.25, 0.3) is 0 Å². The third-order valence-corrected chi connectivity index (χ3v) is 2.50. The summed E-state index contributed by atoms with van der Waals surface area (Å²) in [6, 6.07) is -0.300. The van der Waals surface area contributed by atoms with Crippen LogP contribution in [0.4, 0.5) is 10.5 Å². The van der Waals surface area contributed by atoms with Crippen LogP contribution in [0.3, 0.4) is 0 Å². The number of nitrogens with one attached hydrogen (secondary N) is 2. The molecule has 0 fully saturated rings. The summed E-state index contributed by atoms with van der Waals surface area (Å²) in [6.07, 6.45) is 7.29. The number of rotatable bonds is 8. The van der Waals surface area contributed by atoms with Crippen molar-refractivity contribution in [1.29, 1.82) is 0 Å². The van der Waals surface area contributed by atoms with Crippen LogP contribution in [0, 0.1) is 0 Å². The van der Waals surface area contributed by atoms with E-state index in [0.29, 0.717) is 12.2 Å². The Morgan fingerprint density at radius 3 is 2.84 bits per heavy atom. The van der Waals surface area contributed by atoms with Crippen LogP contribution in [0.2, 0.25) is 0 Å². The van der Waals surface area contributed by atoms with Crippen molar-refractivity contribution in [3.8, 4) is 0 Å². The minimum absolute atomic E-state index is 0.222. The van der Waals surface area contributed by atoms with Gasteiger partial charge in [-0.2, -0.15) is 5.10 Å². The van der Waals surface area contributed by atoms with Crippen molar-refractivity contribution >= 4 is 17.7 Å². The van der Waals surface area contributed by atoms with E-state index >= 15 is 0 Å². The van der Waals surface area contributed by atoms with Crippen molar-refractivity contribution in [3.63, 3.8) is 0 Å². The molecule has 7 nitrogen and oxygen atoms in total. The Kier molecular flexibility index (Phi) is 6.42. The highest BCUT2D eigenvalue weighted by molar-refractivity contribution is 5.88. The molecule has 0 radical (unpaired) electrons. The second-order valence-electron chi connectivity index (χ2n) is 4.26. The van der Waals surface area contributed by atoms with Crippen molar-refractivity contribution in [1.82, 2.24) is 15.1 Å². The Balaban J connectivity index is 2.24. The van der Waals surface area contributed by atoms with Gasteiger partial charge in [0.1, 0.15) is 6.54 Å². The summed E-state index contributed by atoms with van der Waals surface area (Å²) in [4.78, 5) is 22.0. The largest absolute Gasteiger partial charge is 0.480 e. The number of carboxylic acid groups (broad SMARTS) is 1. The molecule has 0 aliphatic heterocycles. The van der Waals surface area contributed by atoms with Crippen molar-refractivity contribution in [2.24, 2.45) is 0 Å². The lowest BCUT2D eigenvalue weighted by Gasteiger charge is -2.05. The molecular weight excluding hydrogens is 248 g/mol. The fraction of sp³-hybridized carbons (Fsp3) is 0.583. The van der Waals surface area contributed by atoms with Gasteiger partial charge in [0.25, 0.3) is 0 Å². The Labute approximate surface area is 112 Å². The number of aliphatic carboxylic acids is 1. The van der Waals surface area contributed by atoms with Crippen LogP contribution in [-0.2, 0) is 11.3 Å². The van der Waals surface area contributed by atoms with Gasteiger partial charge in [0.2, 0.25) is 0 Å². The van der Waals surface area contributed by atoms with Crippen molar-refractivity contribution in [2.45, 2.75) is 39.2 Å². The van der Waals surface area contributed by atoms with E-state index < -0.39 is 5.97 Å². The molecule has 106 valence electrons. The van der Waals surface area contributed by atoms with Gasteiger partial charge in [0, 0.05) is 12.7 Å². The highest BCUT2D eigenvalue weighted by Gasteiger charge is 2.05. The van der Waals surface area contributed by atoms with Crippen LogP contribution < -0.4 is 10.6 Å². The van der Waals surface area contributed by atoms with Crippen LogP contribution in [0.1, 0.15) is 32.6 Å². The van der Waals surface area contributed by atoms with Gasteiger partial charge in [0.05, 0.1) is 11.9 Å². The number of carboxylic acids is 1. The van der Waals surface area contributed by atoms with Gasteiger partial charge in [-0.3, -0.25) is 9.48 Å². The van der Waals surface area contributed by atoms with E-state index in [2.05, 4.69) is 22.7 Å². The Morgan fingerprint density at radius 1 is 1.37 bits per heavy atom. The number of carbonyl (C=O) groups is 2. The molecule has 3 N–H and O–H groups in total. The molecule has 0 aliphatic carbocycles. The maximum absolute atomic E-state index is 11.5. The standard InChI is InChI=1S/C12H20N4O3/c1-2-3-4-5-6-13-12(19)15-10-7-14-16(8-10)9-11(17)18/h7-8H,2-6,9H2,1H3,(H,17,18)(H2,13,15,19). The van der Waals surface area contributed by atoms with E-state index in [-0.39, 0.29) is 12.6 Å². The van der Waals surface area contributed by atoms with Gasteiger partial charge in [0.15, 0.2) is 0 Å². The molecule has 7 heteroatoms. The number of carbonyl (C=O) groups excluding carboxylic acids is 1. The Bertz CT molecular complexity index is 417. The van der Waals surface area contributed by atoms with E-state index in [1.54, 1.807) is 0 Å². The fourth-order valence-corrected chi connectivity index (χ4v) is 1.58. The molecule has 2 amide bonds. The first-order chi connectivity index (χ1) is 9.11. The third kappa shape index (κ3) is 6.44. The number of anilines is 1. The van der Waals surface area contributed by atoms with E-state index in [4.69, 9.17) is 5.11 Å². The first-order valence-electron chi connectivity index (χ1n) is 6.41. The number of nitrogens with zero attached hydrogens (tertiary/aromatic N) is 2. The summed E-state index contributed by atoms with van der Waals surface area (Å²) < 4.78 is 1.25. The minimum atomic E-state index is -0.977. The molecule has 0 atom stereocenters. The summed E-state index contributed by atoms with van der Waals surface area (Å²) in [6.45, 7) is 2.55. The molecule has 19 heavy (non-hydrogen) atoms. The SMILES string of the molecule is CCCCCCNC(=O)Nc1cnn(CC(=O)O)c1. The molecule has 0 saturated carbocycles. The highest BCUT2D eigenvalue weighted by atomic mass is 16.4. The summed E-state index contributed by atoms with van der Waals surface area (Å²) in [5.74, 6) is -0.977. The van der Waals surface area contributed by atoms with E-state index in [9.17, 15) is 9.59 Å². The molecule has 0 spiro atoms. The van der Waals surface area contributed by atoms with Crippen LogP contribution in [-0.4, -0.2) is 33.4 Å². The van der Waals surface area contributed by atoms with Crippen LogP contribution in [0.5, 0.6) is 0 Å². The van der Waals surface area contributed by atoms with Crippen molar-refractivity contribution in [2.75, 3.05) is 11.9 Å². The van der Waals surface area contributed by atoms with Crippen molar-refractivity contribution < 1.29 is 14.7 Å². The number of urea groups is 1. The van der Waals surface area contributed by atoms with Gasteiger partial charge >= 0.3 is 12.0 Å². The first kappa shape index (κ1) is 15.0. The van der Waals surface area contributed by atoms with E-state index in [0.717, 1.165) is 19.3 Å². The zero-order valence-corrected chi connectivity index (χ0v) is 11.1. The monoisotopic (exact) mass is 268 g/mol. The van der Waals surface area contributed by atoms with Crippen molar-refractivity contribution in [3.05, 3.63) is 12.4 Å². The zero-order valence-electron chi connectivity index (χ0n) is 11.1. The second-order valence-corrected chi connectivity index (χ2v) is 4.26. The fourth-order valence-electron chi connectivity index (χ4n) is 1.58. The molecule has 0 bridgehead atoms. The van der Waals surface area contributed by atoms with E-state index in [1.807, 2.05) is 0 Å². The average Bonchev–Trinajstić information content (AvgIpc) is 2.75. The quantitative estimate of drug-likeness (QED) is 0.625. The number of hydrogen-bond donors (Lipinski definition) is 3. The molecule has 1 aromatic rings. The predicted molar refractivity (Wildman–Crippen MR) is 71.0 cm³/mol. The number of aromatic nitrogens is 2. The summed E-state index contributed by atoms with van der Waals surface area (Å²) in [5.41, 5.74) is 0.479. The first-order valence-corrected chi connectivity index (χ1v) is 6.41. The lowest BCUT2D eigenvalue weighted by molar-refractivity contribution is -0.137. The molecule has 0 aliphatic rings. The summed E-state index contributed by atoms with van der Waals surface area (Å²) >= 11 is 0. The number of amides is 2. The van der Waals surface area contributed by atoms with Gasteiger partial charge in [-0.05, 0) is 6.42 Å². The van der Waals surface area contributed by atoms with Gasteiger partial charge < -0.3 is 15.7 Å². The van der Waals surface area contributed by atoms with Gasteiger partial charge in [-0.15, -0.1) is 0 Å². The highest BCUT2D eigenvalue weighted by Crippen LogP contribution is 2.04. The topological polar surface area (TPSA) is 96.3 Å². The normalized spacial score (nSPS) is 10.2. The van der Waals surface area contributed by atoms with E-state index in [1.165, 1.54) is 23.5 Å². The molecule has 0 unspecified atom stereocenters. The summed E-state index contributed by atoms with van der Waals surface area (Å²) in [5, 5.41) is 17.7. The van der Waals surface area contributed by atoms with Gasteiger partial charge in [-0.1, -0.05) is 26.2 Å². The maximum atomic E-state index is 11.5. The number of hydrogen-bond acceptors (Lipinski definition) is 3. The number of unbranched alkanes of at least 4 members (excludes halogenated alkanes) is 3. The Hall–Kier alpha value is -2.05. The minimum Gasteiger partial charge on any atom is -0.480 e. The lowest BCUT2D eigenvalue weighted by Crippen LogP contribution is -2.29. The molecule has 0 aromatic carbocycles. The molecule has 0 saturated heterocycles. The Morgan fingerprint density at radius 2 is 2.16 bits per heavy atom. The van der Waals surface area contributed by atoms with Crippen LogP contribution >= 0.6 is 0 Å². The average molecular weight is 268 g/mol. The third-order valence-electron chi connectivity index (χ3n) is 2.50. The molecule has 1 heterocycles. The van der Waals surface area contributed by atoms with Gasteiger partial charge in [-0.25, -0.2) is 4.79 Å². The second kappa shape index (κ2) is 8.12. The molecular formula is C12H20N4O3. The predicted octanol–water partition coefficient (Wildman–Crippen LogP) is 1.67. The smallest absolute Gasteiger partial charge is 0.325 e. The molecule has 1 rings (SSSR count). The summed E-state index contributed by atoms with van der Waals surface area (Å²) in [7, 11) is 0. The van der Waals surface area contributed by atoms with Crippen LogP contribution in [0.15, 0.2) is 12.4 Å². The lowest BCUT2D eigenvalue weighted by atomic mass is 10.2.